The van der Waals surface area contributed by atoms with Crippen LogP contribution in [-0.2, 0) is 9.84 Å². The van der Waals surface area contributed by atoms with Gasteiger partial charge >= 0.3 is 0 Å². The summed E-state index contributed by atoms with van der Waals surface area (Å²) in [7, 11) is -2.97. The van der Waals surface area contributed by atoms with Gasteiger partial charge in [0.15, 0.2) is 0 Å². The number of anilines is 1. The topological polar surface area (TPSA) is 72.0 Å². The van der Waals surface area contributed by atoms with E-state index in [1.165, 1.54) is 6.26 Å². The third-order valence-electron chi connectivity index (χ3n) is 2.81. The van der Waals surface area contributed by atoms with E-state index in [9.17, 15) is 8.42 Å². The van der Waals surface area contributed by atoms with Gasteiger partial charge in [0.2, 0.25) is 0 Å². The van der Waals surface area contributed by atoms with Crippen molar-refractivity contribution in [1.29, 1.82) is 0 Å². The minimum absolute atomic E-state index is 0.0762. The number of nitrogens with one attached hydrogen (secondary N) is 1. The predicted molar refractivity (Wildman–Crippen MR) is 72.0 cm³/mol. The molecule has 5 nitrogen and oxygen atoms in total. The fourth-order valence-electron chi connectivity index (χ4n) is 1.56. The van der Waals surface area contributed by atoms with Crippen molar-refractivity contribution in [3.05, 3.63) is 16.5 Å². The van der Waals surface area contributed by atoms with Crippen molar-refractivity contribution in [3.8, 4) is 0 Å². The van der Waals surface area contributed by atoms with Gasteiger partial charge in [0.1, 0.15) is 26.6 Å². The van der Waals surface area contributed by atoms with Crippen LogP contribution in [0.5, 0.6) is 0 Å². The number of halogens is 1. The average molecular weight is 290 g/mol. The van der Waals surface area contributed by atoms with E-state index in [0.29, 0.717) is 23.4 Å². The number of rotatable bonds is 5. The Bertz CT molecular complexity index is 556. The van der Waals surface area contributed by atoms with Crippen LogP contribution >= 0.6 is 11.6 Å². The zero-order valence-electron chi connectivity index (χ0n) is 10.4. The Morgan fingerprint density at radius 2 is 2.06 bits per heavy atom. The monoisotopic (exact) mass is 289 g/mol. The maximum Gasteiger partial charge on any atom is 0.149 e. The molecule has 1 aromatic rings. The molecule has 0 bridgehead atoms. The first-order valence-electron chi connectivity index (χ1n) is 5.82. The van der Waals surface area contributed by atoms with Crippen molar-refractivity contribution >= 4 is 27.3 Å². The summed E-state index contributed by atoms with van der Waals surface area (Å²) in [5.74, 6) is 1.89. The first-order chi connectivity index (χ1) is 8.37. The third-order valence-corrected chi connectivity index (χ3v) is 4.13. The van der Waals surface area contributed by atoms with Gasteiger partial charge in [0.25, 0.3) is 0 Å². The standard InChI is InChI=1S/C11H16ClN3O2S/c1-7-9(12)14-11(8-3-4-8)15-10(7)13-5-6-18(2,16)17/h8H,3-6H2,1-2H3,(H,13,14,15). The van der Waals surface area contributed by atoms with Gasteiger partial charge in [-0.3, -0.25) is 0 Å². The van der Waals surface area contributed by atoms with Gasteiger partial charge in [-0.1, -0.05) is 11.6 Å². The molecule has 1 N–H and O–H groups in total. The first-order valence-corrected chi connectivity index (χ1v) is 8.26. The molecule has 0 saturated heterocycles. The first kappa shape index (κ1) is 13.5. The molecule has 0 spiro atoms. The summed E-state index contributed by atoms with van der Waals surface area (Å²) in [6.07, 6.45) is 3.41. The van der Waals surface area contributed by atoms with Crippen molar-refractivity contribution in [3.63, 3.8) is 0 Å². The van der Waals surface area contributed by atoms with E-state index in [1.807, 2.05) is 6.92 Å². The van der Waals surface area contributed by atoms with Crippen LogP contribution in [0.25, 0.3) is 0 Å². The lowest BCUT2D eigenvalue weighted by molar-refractivity contribution is 0.602. The van der Waals surface area contributed by atoms with Crippen LogP contribution in [0.3, 0.4) is 0 Å². The van der Waals surface area contributed by atoms with Gasteiger partial charge in [-0.05, 0) is 19.8 Å². The number of nitrogens with zero attached hydrogens (tertiary/aromatic N) is 2. The Balaban J connectivity index is 2.11. The molecule has 1 fully saturated rings. The average Bonchev–Trinajstić information content (AvgIpc) is 3.05. The highest BCUT2D eigenvalue weighted by molar-refractivity contribution is 7.90. The number of hydrogen-bond donors (Lipinski definition) is 1. The quantitative estimate of drug-likeness (QED) is 0.837. The van der Waals surface area contributed by atoms with Crippen LogP contribution < -0.4 is 5.32 Å². The Morgan fingerprint density at radius 1 is 1.39 bits per heavy atom. The molecule has 100 valence electrons. The van der Waals surface area contributed by atoms with E-state index in [1.54, 1.807) is 0 Å². The molecule has 0 atom stereocenters. The van der Waals surface area contributed by atoms with Crippen molar-refractivity contribution < 1.29 is 8.42 Å². The van der Waals surface area contributed by atoms with Crippen LogP contribution in [0.2, 0.25) is 5.15 Å². The maximum absolute atomic E-state index is 11.1. The van der Waals surface area contributed by atoms with Crippen molar-refractivity contribution in [2.75, 3.05) is 23.9 Å². The number of sulfone groups is 1. The van der Waals surface area contributed by atoms with E-state index in [0.717, 1.165) is 24.2 Å². The number of aromatic nitrogens is 2. The highest BCUT2D eigenvalue weighted by Crippen LogP contribution is 2.39. The molecule has 7 heteroatoms. The van der Waals surface area contributed by atoms with Crippen molar-refractivity contribution in [2.45, 2.75) is 25.7 Å². The van der Waals surface area contributed by atoms with Crippen LogP contribution in [-0.4, -0.2) is 36.9 Å². The molecule has 2 rings (SSSR count). The molecule has 0 unspecified atom stereocenters. The third kappa shape index (κ3) is 3.55. The number of hydrogen-bond acceptors (Lipinski definition) is 5. The maximum atomic E-state index is 11.1. The molecule has 1 aliphatic rings. The van der Waals surface area contributed by atoms with Crippen LogP contribution in [0.1, 0.15) is 30.1 Å². The summed E-state index contributed by atoms with van der Waals surface area (Å²) in [4.78, 5) is 8.66. The molecular formula is C11H16ClN3O2S. The minimum Gasteiger partial charge on any atom is -0.369 e. The van der Waals surface area contributed by atoms with E-state index >= 15 is 0 Å². The summed E-state index contributed by atoms with van der Waals surface area (Å²) in [6, 6.07) is 0. The molecule has 1 saturated carbocycles. The fourth-order valence-corrected chi connectivity index (χ4v) is 2.21. The molecule has 0 radical (unpaired) electrons. The molecule has 1 aromatic heterocycles. The predicted octanol–water partition coefficient (Wildman–Crippen LogP) is 1.77. The summed E-state index contributed by atoms with van der Waals surface area (Å²) >= 11 is 6.05. The van der Waals surface area contributed by atoms with Crippen molar-refractivity contribution in [1.82, 2.24) is 9.97 Å². The normalized spacial score (nSPS) is 15.7. The zero-order chi connectivity index (χ0) is 13.3. The van der Waals surface area contributed by atoms with Crippen LogP contribution in [0, 0.1) is 6.92 Å². The molecular weight excluding hydrogens is 274 g/mol. The molecule has 1 aliphatic carbocycles. The SMILES string of the molecule is Cc1c(Cl)nc(C2CC2)nc1NCCS(C)(=O)=O. The lowest BCUT2D eigenvalue weighted by Gasteiger charge is -2.10. The van der Waals surface area contributed by atoms with Gasteiger partial charge in [0.05, 0.1) is 5.75 Å². The molecule has 0 amide bonds. The smallest absolute Gasteiger partial charge is 0.149 e. The van der Waals surface area contributed by atoms with Gasteiger partial charge in [-0.2, -0.15) is 0 Å². The summed E-state index contributed by atoms with van der Waals surface area (Å²) in [6.45, 7) is 2.15. The van der Waals surface area contributed by atoms with Gasteiger partial charge in [-0.15, -0.1) is 0 Å². The Hall–Kier alpha value is -0.880. The largest absolute Gasteiger partial charge is 0.369 e. The van der Waals surface area contributed by atoms with Gasteiger partial charge in [-0.25, -0.2) is 18.4 Å². The summed E-state index contributed by atoms with van der Waals surface area (Å²) < 4.78 is 22.1. The Kier molecular flexibility index (Phi) is 3.77. The molecule has 0 aromatic carbocycles. The molecule has 0 aliphatic heterocycles. The highest BCUT2D eigenvalue weighted by atomic mass is 35.5. The molecule has 18 heavy (non-hydrogen) atoms. The van der Waals surface area contributed by atoms with E-state index in [2.05, 4.69) is 15.3 Å². The Morgan fingerprint density at radius 3 is 2.61 bits per heavy atom. The van der Waals surface area contributed by atoms with Crippen molar-refractivity contribution in [2.24, 2.45) is 0 Å². The highest BCUT2D eigenvalue weighted by Gasteiger charge is 2.27. The van der Waals surface area contributed by atoms with E-state index < -0.39 is 9.84 Å². The van der Waals surface area contributed by atoms with Gasteiger partial charge < -0.3 is 5.32 Å². The second-order valence-corrected chi connectivity index (χ2v) is 7.29. The second kappa shape index (κ2) is 5.01. The summed E-state index contributed by atoms with van der Waals surface area (Å²) in [5, 5.41) is 3.46. The van der Waals surface area contributed by atoms with E-state index in [4.69, 9.17) is 11.6 Å². The lowest BCUT2D eigenvalue weighted by Crippen LogP contribution is -2.16. The van der Waals surface area contributed by atoms with Crippen LogP contribution in [0.4, 0.5) is 5.82 Å². The minimum atomic E-state index is -2.97. The lowest BCUT2D eigenvalue weighted by atomic mass is 10.3. The molecule has 1 heterocycles. The Labute approximate surface area is 112 Å². The van der Waals surface area contributed by atoms with E-state index in [-0.39, 0.29) is 5.75 Å². The second-order valence-electron chi connectivity index (χ2n) is 4.68. The zero-order valence-corrected chi connectivity index (χ0v) is 12.0. The fraction of sp³-hybridized carbons (Fsp3) is 0.636. The summed E-state index contributed by atoms with van der Waals surface area (Å²) in [5.41, 5.74) is 0.759. The van der Waals surface area contributed by atoms with Gasteiger partial charge in [0, 0.05) is 24.3 Å². The van der Waals surface area contributed by atoms with Crippen LogP contribution in [0.15, 0.2) is 0 Å².